The lowest BCUT2D eigenvalue weighted by atomic mass is 10.0. The van der Waals surface area contributed by atoms with Crippen molar-refractivity contribution in [2.75, 3.05) is 13.1 Å². The van der Waals surface area contributed by atoms with Gasteiger partial charge >= 0.3 is 5.16 Å². The molecule has 2 aliphatic rings. The fourth-order valence-corrected chi connectivity index (χ4v) is 8.44. The number of nitrogens with zero attached hydrogens (tertiary/aromatic N) is 4. The van der Waals surface area contributed by atoms with E-state index in [-0.39, 0.29) is 17.1 Å². The molecule has 5 rings (SSSR count). The molecular weight excluding hydrogens is 416 g/mol. The van der Waals surface area contributed by atoms with Gasteiger partial charge in [-0.25, -0.2) is 13.4 Å². The molecule has 2 unspecified atom stereocenters. The van der Waals surface area contributed by atoms with Gasteiger partial charge in [0, 0.05) is 37.5 Å². The third kappa shape index (κ3) is 2.98. The topological polar surface area (TPSA) is 91.1 Å². The molecule has 2 aromatic heterocycles. The van der Waals surface area contributed by atoms with Crippen LogP contribution >= 0.6 is 11.3 Å². The van der Waals surface area contributed by atoms with Crippen LogP contribution in [-0.2, 0) is 28.2 Å². The van der Waals surface area contributed by atoms with Crippen LogP contribution in [0.1, 0.15) is 12.8 Å². The highest BCUT2D eigenvalue weighted by molar-refractivity contribution is 7.91. The second-order valence-corrected chi connectivity index (χ2v) is 12.0. The largest absolute Gasteiger partial charge is 0.609 e. The number of imidazole rings is 1. The monoisotopic (exact) mass is 436 g/mol. The van der Waals surface area contributed by atoms with Gasteiger partial charge in [-0.15, -0.1) is 11.3 Å². The van der Waals surface area contributed by atoms with Crippen LogP contribution in [-0.4, -0.2) is 50.2 Å². The second kappa shape index (κ2) is 6.81. The molecule has 0 bridgehead atoms. The van der Waals surface area contributed by atoms with Gasteiger partial charge in [-0.1, -0.05) is 0 Å². The van der Waals surface area contributed by atoms with Gasteiger partial charge in [0.1, 0.15) is 5.25 Å². The lowest BCUT2D eigenvalue weighted by Crippen LogP contribution is -2.31. The average molecular weight is 437 g/mol. The maximum absolute atomic E-state index is 13.1. The minimum atomic E-state index is -3.52. The Morgan fingerprint density at radius 3 is 2.64 bits per heavy atom. The Kier molecular flexibility index (Phi) is 4.51. The van der Waals surface area contributed by atoms with Crippen LogP contribution in [0.2, 0.25) is 0 Å². The SMILES string of the molecule is Cn1ccnc1[S+]([O-])C1C[C@@H]2CN(S(=O)(=O)c3ccc4ncsc4c3)C[C@@H]2C1. The van der Waals surface area contributed by atoms with Gasteiger partial charge in [0.2, 0.25) is 10.0 Å². The summed E-state index contributed by atoms with van der Waals surface area (Å²) in [4.78, 5) is 8.76. The number of sulfonamides is 1. The number of hydrogen-bond acceptors (Lipinski definition) is 6. The van der Waals surface area contributed by atoms with E-state index in [1.807, 2.05) is 7.05 Å². The summed E-state index contributed by atoms with van der Waals surface area (Å²) < 4.78 is 43.4. The third-order valence-corrected chi connectivity index (χ3v) is 10.2. The van der Waals surface area contributed by atoms with Crippen LogP contribution in [0, 0.1) is 11.8 Å². The van der Waals surface area contributed by atoms with Crippen LogP contribution in [0.4, 0.5) is 0 Å². The van der Waals surface area contributed by atoms with Gasteiger partial charge in [0.25, 0.3) is 0 Å². The summed E-state index contributed by atoms with van der Waals surface area (Å²) >= 11 is 0.295. The maximum Gasteiger partial charge on any atom is 0.323 e. The van der Waals surface area contributed by atoms with E-state index in [9.17, 15) is 13.0 Å². The van der Waals surface area contributed by atoms with E-state index >= 15 is 0 Å². The molecule has 4 atom stereocenters. The molecule has 1 aromatic carbocycles. The highest BCUT2D eigenvalue weighted by atomic mass is 32.2. The van der Waals surface area contributed by atoms with E-state index < -0.39 is 21.2 Å². The van der Waals surface area contributed by atoms with Crippen molar-refractivity contribution in [2.24, 2.45) is 18.9 Å². The molecule has 0 amide bonds. The first-order valence-corrected chi connectivity index (χ1v) is 12.7. The Labute approximate surface area is 170 Å². The molecule has 1 aliphatic heterocycles. The van der Waals surface area contributed by atoms with Crippen LogP contribution in [0.3, 0.4) is 0 Å². The third-order valence-electron chi connectivity index (χ3n) is 5.87. The molecule has 2 fully saturated rings. The van der Waals surface area contributed by atoms with Crippen molar-refractivity contribution in [3.63, 3.8) is 0 Å². The first-order valence-electron chi connectivity index (χ1n) is 9.15. The van der Waals surface area contributed by atoms with Gasteiger partial charge in [0.15, 0.2) is 0 Å². The van der Waals surface area contributed by atoms with E-state index in [2.05, 4.69) is 9.97 Å². The molecule has 1 aliphatic carbocycles. The van der Waals surface area contributed by atoms with Crippen molar-refractivity contribution in [1.82, 2.24) is 18.8 Å². The number of fused-ring (bicyclic) bond motifs is 2. The molecule has 7 nitrogen and oxygen atoms in total. The molecule has 3 aromatic rings. The molecule has 148 valence electrons. The quantitative estimate of drug-likeness (QED) is 0.585. The number of rotatable bonds is 4. The second-order valence-electron chi connectivity index (χ2n) is 7.54. The predicted molar refractivity (Wildman–Crippen MR) is 108 cm³/mol. The Morgan fingerprint density at radius 2 is 1.96 bits per heavy atom. The lowest BCUT2D eigenvalue weighted by molar-refractivity contribution is 0.443. The molecule has 1 saturated heterocycles. The Hall–Kier alpha value is -1.46. The molecule has 28 heavy (non-hydrogen) atoms. The van der Waals surface area contributed by atoms with Crippen molar-refractivity contribution in [2.45, 2.75) is 28.1 Å². The van der Waals surface area contributed by atoms with E-state index in [1.165, 1.54) is 11.3 Å². The fraction of sp³-hybridized carbons (Fsp3) is 0.444. The standard InChI is InChI=1S/C18H20N4O3S3/c1-21-5-4-19-18(21)27(23)14-6-12-9-22(10-13(12)7-14)28(24,25)15-2-3-16-17(8-15)26-11-20-16/h2-5,8,11-14H,6-7,9-10H2,1H3/t12-,13+,14?,27?. The van der Waals surface area contributed by atoms with Crippen molar-refractivity contribution in [3.8, 4) is 0 Å². The summed E-state index contributed by atoms with van der Waals surface area (Å²) in [6, 6.07) is 5.13. The van der Waals surface area contributed by atoms with Crippen molar-refractivity contribution >= 4 is 42.8 Å². The Morgan fingerprint density at radius 1 is 1.21 bits per heavy atom. The molecule has 0 radical (unpaired) electrons. The normalized spacial score (nSPS) is 26.7. The summed E-state index contributed by atoms with van der Waals surface area (Å²) in [6.45, 7) is 1.00. The van der Waals surface area contributed by atoms with Crippen LogP contribution < -0.4 is 0 Å². The van der Waals surface area contributed by atoms with Gasteiger partial charge in [-0.2, -0.15) is 9.29 Å². The van der Waals surface area contributed by atoms with Gasteiger partial charge in [-0.3, -0.25) is 4.57 Å². The highest BCUT2D eigenvalue weighted by Crippen LogP contribution is 2.43. The summed E-state index contributed by atoms with van der Waals surface area (Å²) in [5.41, 5.74) is 2.55. The Balaban J connectivity index is 1.31. The number of hydrogen-bond donors (Lipinski definition) is 0. The molecule has 1 saturated carbocycles. The van der Waals surface area contributed by atoms with Gasteiger partial charge in [0.05, 0.1) is 26.8 Å². The predicted octanol–water partition coefficient (Wildman–Crippen LogP) is 2.24. The zero-order chi connectivity index (χ0) is 19.5. The van der Waals surface area contributed by atoms with Crippen molar-refractivity contribution in [3.05, 3.63) is 36.1 Å². The van der Waals surface area contributed by atoms with Crippen molar-refractivity contribution in [1.29, 1.82) is 0 Å². The number of aryl methyl sites for hydroxylation is 1. The zero-order valence-corrected chi connectivity index (χ0v) is 17.7. The van der Waals surface area contributed by atoms with Crippen LogP contribution in [0.15, 0.2) is 46.2 Å². The van der Waals surface area contributed by atoms with Gasteiger partial charge < -0.3 is 4.55 Å². The molecular formula is C18H20N4O3S3. The molecule has 0 N–H and O–H groups in total. The van der Waals surface area contributed by atoms with E-state index in [0.29, 0.717) is 23.1 Å². The molecule has 10 heteroatoms. The van der Waals surface area contributed by atoms with Crippen LogP contribution in [0.25, 0.3) is 10.2 Å². The number of aromatic nitrogens is 3. The summed E-state index contributed by atoms with van der Waals surface area (Å²) in [6.07, 6.45) is 5.03. The van der Waals surface area contributed by atoms with E-state index in [4.69, 9.17) is 0 Å². The maximum atomic E-state index is 13.1. The van der Waals surface area contributed by atoms with Crippen molar-refractivity contribution < 1.29 is 13.0 Å². The first-order chi connectivity index (χ1) is 13.4. The number of benzene rings is 1. The first kappa shape index (κ1) is 18.6. The van der Waals surface area contributed by atoms with Gasteiger partial charge in [-0.05, 0) is 42.9 Å². The minimum absolute atomic E-state index is 0.0505. The summed E-state index contributed by atoms with van der Waals surface area (Å²) in [7, 11) is -1.67. The summed E-state index contributed by atoms with van der Waals surface area (Å²) in [5.74, 6) is 0.521. The van der Waals surface area contributed by atoms with E-state index in [1.54, 1.807) is 45.0 Å². The Bertz CT molecular complexity index is 1110. The van der Waals surface area contributed by atoms with E-state index in [0.717, 1.165) is 23.1 Å². The minimum Gasteiger partial charge on any atom is -0.609 e. The average Bonchev–Trinajstić information content (AvgIpc) is 3.43. The summed E-state index contributed by atoms with van der Waals surface area (Å²) in [5, 5.41) is 0.654. The zero-order valence-electron chi connectivity index (χ0n) is 15.3. The smallest absolute Gasteiger partial charge is 0.323 e. The fourth-order valence-electron chi connectivity index (χ4n) is 4.41. The molecule has 3 heterocycles. The van der Waals surface area contributed by atoms with Crippen LogP contribution in [0.5, 0.6) is 0 Å². The number of thiazole rings is 1. The molecule has 0 spiro atoms. The lowest BCUT2D eigenvalue weighted by Gasteiger charge is -2.20. The highest BCUT2D eigenvalue weighted by Gasteiger charge is 2.49.